The second-order valence-corrected chi connectivity index (χ2v) is 6.58. The second-order valence-electron chi connectivity index (χ2n) is 5.55. The van der Waals surface area contributed by atoms with Gasteiger partial charge < -0.3 is 10.1 Å². The number of ether oxygens (including phenoxy) is 1. The van der Waals surface area contributed by atoms with E-state index in [1.807, 2.05) is 31.4 Å². The molecular weight excluding hydrogens is 298 g/mol. The summed E-state index contributed by atoms with van der Waals surface area (Å²) in [7, 11) is 0. The SMILES string of the molecule is CCOCCN1CCN(C(C)C(=O)NCc2cccs2)CC1. The van der Waals surface area contributed by atoms with Crippen LogP contribution in [0.4, 0.5) is 0 Å². The van der Waals surface area contributed by atoms with Gasteiger partial charge in [0.15, 0.2) is 0 Å². The van der Waals surface area contributed by atoms with Gasteiger partial charge >= 0.3 is 0 Å². The Morgan fingerprint density at radius 3 is 2.82 bits per heavy atom. The molecule has 124 valence electrons. The summed E-state index contributed by atoms with van der Waals surface area (Å²) in [6.07, 6.45) is 0. The first-order valence-electron chi connectivity index (χ1n) is 8.05. The number of thiophene rings is 1. The molecule has 22 heavy (non-hydrogen) atoms. The van der Waals surface area contributed by atoms with Crippen molar-refractivity contribution in [2.75, 3.05) is 45.9 Å². The summed E-state index contributed by atoms with van der Waals surface area (Å²) in [6.45, 7) is 11.1. The number of nitrogens with one attached hydrogen (secondary N) is 1. The van der Waals surface area contributed by atoms with E-state index in [2.05, 4.69) is 15.1 Å². The maximum Gasteiger partial charge on any atom is 0.237 e. The van der Waals surface area contributed by atoms with Gasteiger partial charge in [0.2, 0.25) is 5.91 Å². The van der Waals surface area contributed by atoms with Crippen LogP contribution in [0.25, 0.3) is 0 Å². The Balaban J connectivity index is 1.67. The van der Waals surface area contributed by atoms with Crippen LogP contribution in [0.15, 0.2) is 17.5 Å². The van der Waals surface area contributed by atoms with Gasteiger partial charge in [-0.15, -0.1) is 11.3 Å². The Bertz CT molecular complexity index is 431. The van der Waals surface area contributed by atoms with E-state index in [-0.39, 0.29) is 11.9 Å². The molecule has 0 aromatic carbocycles. The van der Waals surface area contributed by atoms with E-state index in [0.29, 0.717) is 6.54 Å². The highest BCUT2D eigenvalue weighted by Gasteiger charge is 2.25. The molecule has 2 rings (SSSR count). The lowest BCUT2D eigenvalue weighted by atomic mass is 10.2. The monoisotopic (exact) mass is 325 g/mol. The minimum Gasteiger partial charge on any atom is -0.380 e. The van der Waals surface area contributed by atoms with Crippen molar-refractivity contribution in [2.24, 2.45) is 0 Å². The number of carbonyl (C=O) groups is 1. The van der Waals surface area contributed by atoms with Gasteiger partial charge in [0.05, 0.1) is 19.2 Å². The number of carbonyl (C=O) groups excluding carboxylic acids is 1. The summed E-state index contributed by atoms with van der Waals surface area (Å²) in [6, 6.07) is 4.00. The summed E-state index contributed by atoms with van der Waals surface area (Å²) < 4.78 is 5.40. The highest BCUT2D eigenvalue weighted by Crippen LogP contribution is 2.09. The molecule has 1 saturated heterocycles. The van der Waals surface area contributed by atoms with Crippen molar-refractivity contribution >= 4 is 17.2 Å². The number of hydrogen-bond acceptors (Lipinski definition) is 5. The van der Waals surface area contributed by atoms with Crippen molar-refractivity contribution in [3.63, 3.8) is 0 Å². The van der Waals surface area contributed by atoms with Crippen molar-refractivity contribution in [3.8, 4) is 0 Å². The molecule has 1 aliphatic heterocycles. The van der Waals surface area contributed by atoms with Crippen LogP contribution < -0.4 is 5.32 Å². The lowest BCUT2D eigenvalue weighted by Gasteiger charge is -2.37. The molecule has 1 aromatic heterocycles. The molecule has 0 radical (unpaired) electrons. The molecule has 1 amide bonds. The van der Waals surface area contributed by atoms with Crippen molar-refractivity contribution < 1.29 is 9.53 Å². The predicted octanol–water partition coefficient (Wildman–Crippen LogP) is 1.41. The molecule has 0 spiro atoms. The van der Waals surface area contributed by atoms with E-state index in [1.54, 1.807) is 11.3 Å². The first-order chi connectivity index (χ1) is 10.7. The third-order valence-corrected chi connectivity index (χ3v) is 4.98. The van der Waals surface area contributed by atoms with Crippen molar-refractivity contribution in [1.29, 1.82) is 0 Å². The Morgan fingerprint density at radius 1 is 1.41 bits per heavy atom. The molecule has 6 heteroatoms. The Labute approximate surface area is 137 Å². The highest BCUT2D eigenvalue weighted by molar-refractivity contribution is 7.09. The van der Waals surface area contributed by atoms with Crippen LogP contribution in [-0.2, 0) is 16.1 Å². The van der Waals surface area contributed by atoms with E-state index in [0.717, 1.165) is 45.9 Å². The zero-order chi connectivity index (χ0) is 15.8. The van der Waals surface area contributed by atoms with Crippen molar-refractivity contribution in [3.05, 3.63) is 22.4 Å². The number of hydrogen-bond donors (Lipinski definition) is 1. The highest BCUT2D eigenvalue weighted by atomic mass is 32.1. The summed E-state index contributed by atoms with van der Waals surface area (Å²) in [5.41, 5.74) is 0. The van der Waals surface area contributed by atoms with Crippen LogP contribution in [0.1, 0.15) is 18.7 Å². The molecule has 0 saturated carbocycles. The number of piperazine rings is 1. The molecule has 1 N–H and O–H groups in total. The van der Waals surface area contributed by atoms with E-state index < -0.39 is 0 Å². The topological polar surface area (TPSA) is 44.8 Å². The summed E-state index contributed by atoms with van der Waals surface area (Å²) in [4.78, 5) is 18.1. The standard InChI is InChI=1S/C16H27N3O2S/c1-3-21-11-10-18-6-8-19(9-7-18)14(2)16(20)17-13-15-5-4-12-22-15/h4-5,12,14H,3,6-11,13H2,1-2H3,(H,17,20). The smallest absolute Gasteiger partial charge is 0.237 e. The Hall–Kier alpha value is -0.950. The van der Waals surface area contributed by atoms with E-state index in [4.69, 9.17) is 4.74 Å². The Kier molecular flexibility index (Phi) is 7.32. The summed E-state index contributed by atoms with van der Waals surface area (Å²) in [5.74, 6) is 0.121. The number of amides is 1. The van der Waals surface area contributed by atoms with Gasteiger partial charge in [0.25, 0.3) is 0 Å². The van der Waals surface area contributed by atoms with Gasteiger partial charge in [-0.1, -0.05) is 6.07 Å². The minimum absolute atomic E-state index is 0.0611. The number of nitrogens with zero attached hydrogens (tertiary/aromatic N) is 2. The molecule has 1 atom stereocenters. The first kappa shape index (κ1) is 17.4. The molecule has 0 bridgehead atoms. The van der Waals surface area contributed by atoms with Crippen LogP contribution in [0.5, 0.6) is 0 Å². The van der Waals surface area contributed by atoms with E-state index in [1.165, 1.54) is 4.88 Å². The van der Waals surface area contributed by atoms with Crippen LogP contribution in [0.3, 0.4) is 0 Å². The first-order valence-corrected chi connectivity index (χ1v) is 8.93. The van der Waals surface area contributed by atoms with Crippen molar-refractivity contribution in [1.82, 2.24) is 15.1 Å². The predicted molar refractivity (Wildman–Crippen MR) is 90.1 cm³/mol. The maximum absolute atomic E-state index is 12.2. The second kappa shape index (κ2) is 9.25. The largest absolute Gasteiger partial charge is 0.380 e. The summed E-state index contributed by atoms with van der Waals surface area (Å²) >= 11 is 1.68. The normalized spacial score (nSPS) is 18.3. The molecule has 5 nitrogen and oxygen atoms in total. The minimum atomic E-state index is -0.0611. The third kappa shape index (κ3) is 5.35. The van der Waals surface area contributed by atoms with E-state index >= 15 is 0 Å². The fraction of sp³-hybridized carbons (Fsp3) is 0.688. The van der Waals surface area contributed by atoms with Gasteiger partial charge in [0.1, 0.15) is 0 Å². The third-order valence-electron chi connectivity index (χ3n) is 4.11. The quantitative estimate of drug-likeness (QED) is 0.734. The molecule has 1 unspecified atom stereocenters. The summed E-state index contributed by atoms with van der Waals surface area (Å²) in [5, 5.41) is 5.07. The van der Waals surface area contributed by atoms with Gasteiger partial charge in [0, 0.05) is 44.2 Å². The van der Waals surface area contributed by atoms with Crippen LogP contribution >= 0.6 is 11.3 Å². The zero-order valence-corrected chi connectivity index (χ0v) is 14.4. The van der Waals surface area contributed by atoms with Gasteiger partial charge in [-0.05, 0) is 25.3 Å². The van der Waals surface area contributed by atoms with Crippen molar-refractivity contribution in [2.45, 2.75) is 26.4 Å². The zero-order valence-electron chi connectivity index (χ0n) is 13.6. The molecule has 0 aliphatic carbocycles. The lowest BCUT2D eigenvalue weighted by molar-refractivity contribution is -0.126. The van der Waals surface area contributed by atoms with Crippen LogP contribution in [-0.4, -0.2) is 67.7 Å². The lowest BCUT2D eigenvalue weighted by Crippen LogP contribution is -2.54. The molecular formula is C16H27N3O2S. The number of rotatable bonds is 8. The fourth-order valence-electron chi connectivity index (χ4n) is 2.61. The molecule has 1 aliphatic rings. The average Bonchev–Trinajstić information content (AvgIpc) is 3.06. The van der Waals surface area contributed by atoms with Crippen LogP contribution in [0.2, 0.25) is 0 Å². The fourth-order valence-corrected chi connectivity index (χ4v) is 3.26. The van der Waals surface area contributed by atoms with Gasteiger partial charge in [-0.25, -0.2) is 0 Å². The maximum atomic E-state index is 12.2. The van der Waals surface area contributed by atoms with Gasteiger partial charge in [-0.2, -0.15) is 0 Å². The average molecular weight is 325 g/mol. The Morgan fingerprint density at radius 2 is 2.18 bits per heavy atom. The molecule has 2 heterocycles. The van der Waals surface area contributed by atoms with Crippen LogP contribution in [0, 0.1) is 0 Å². The van der Waals surface area contributed by atoms with E-state index in [9.17, 15) is 4.79 Å². The molecule has 1 aromatic rings. The molecule has 1 fully saturated rings. The van der Waals surface area contributed by atoms with Gasteiger partial charge in [-0.3, -0.25) is 14.6 Å².